The lowest BCUT2D eigenvalue weighted by Gasteiger charge is -2.37. The van der Waals surface area contributed by atoms with E-state index < -0.39 is 6.10 Å². The van der Waals surface area contributed by atoms with Crippen molar-refractivity contribution in [2.24, 2.45) is 0 Å². The topological polar surface area (TPSA) is 112 Å². The minimum atomic E-state index is -0.668. The van der Waals surface area contributed by atoms with Gasteiger partial charge in [0.15, 0.2) is 23.0 Å². The zero-order chi connectivity index (χ0) is 25.4. The lowest BCUT2D eigenvalue weighted by Crippen LogP contribution is -2.54. The van der Waals surface area contributed by atoms with Crippen LogP contribution >= 0.6 is 0 Å². The van der Waals surface area contributed by atoms with Crippen molar-refractivity contribution in [1.82, 2.24) is 14.9 Å². The first kappa shape index (κ1) is 23.8. The molecule has 0 aliphatic carbocycles. The van der Waals surface area contributed by atoms with E-state index in [4.69, 9.17) is 29.7 Å². The molecule has 0 spiro atoms. The van der Waals surface area contributed by atoms with Gasteiger partial charge in [-0.3, -0.25) is 4.79 Å². The zero-order valence-corrected chi connectivity index (χ0v) is 21.0. The highest BCUT2D eigenvalue weighted by Crippen LogP contribution is 2.39. The standard InChI is InChI=1S/C26H31N5O5/c1-15(2)16-6-5-7-19-23(16)36-22(14-35-19)25(32)30-8-10-31(11-9-30)26-28-18-13-21(34-4)20(33-3)12-17(18)24(27)29-26/h5-7,12-13,15,22H,8-11,14H2,1-4H3,(H2,27,28,29). The van der Waals surface area contributed by atoms with Crippen molar-refractivity contribution in [3.05, 3.63) is 35.9 Å². The number of benzene rings is 2. The first-order valence-corrected chi connectivity index (χ1v) is 12.0. The highest BCUT2D eigenvalue weighted by atomic mass is 16.6. The molecule has 36 heavy (non-hydrogen) atoms. The second-order valence-electron chi connectivity index (χ2n) is 9.19. The second-order valence-corrected chi connectivity index (χ2v) is 9.19. The van der Waals surface area contributed by atoms with Gasteiger partial charge in [-0.2, -0.15) is 4.98 Å². The summed E-state index contributed by atoms with van der Waals surface area (Å²) in [6, 6.07) is 9.41. The predicted molar refractivity (Wildman–Crippen MR) is 136 cm³/mol. The lowest BCUT2D eigenvalue weighted by molar-refractivity contribution is -0.141. The monoisotopic (exact) mass is 493 g/mol. The van der Waals surface area contributed by atoms with Gasteiger partial charge in [-0.25, -0.2) is 4.98 Å². The van der Waals surface area contributed by atoms with Crippen LogP contribution in [-0.4, -0.2) is 73.9 Å². The molecule has 1 amide bonds. The predicted octanol–water partition coefficient (Wildman–Crippen LogP) is 2.84. The Morgan fingerprint density at radius 1 is 1.08 bits per heavy atom. The SMILES string of the molecule is COc1cc2nc(N3CCN(C(=O)C4COc5cccc(C(C)C)c5O4)CC3)nc(N)c2cc1OC. The molecular formula is C26H31N5O5. The van der Waals surface area contributed by atoms with Crippen LogP contribution in [0.15, 0.2) is 30.3 Å². The summed E-state index contributed by atoms with van der Waals surface area (Å²) in [6.45, 7) is 6.57. The molecule has 2 aliphatic rings. The highest BCUT2D eigenvalue weighted by Gasteiger charge is 2.34. The van der Waals surface area contributed by atoms with Gasteiger partial charge in [0.05, 0.1) is 19.7 Å². The molecular weight excluding hydrogens is 462 g/mol. The number of hydrogen-bond donors (Lipinski definition) is 1. The average Bonchev–Trinajstić information content (AvgIpc) is 2.91. The fourth-order valence-electron chi connectivity index (χ4n) is 4.63. The molecule has 1 fully saturated rings. The van der Waals surface area contributed by atoms with Gasteiger partial charge >= 0.3 is 0 Å². The fraction of sp³-hybridized carbons (Fsp3) is 0.423. The molecule has 10 heteroatoms. The van der Waals surface area contributed by atoms with Crippen LogP contribution in [0.4, 0.5) is 11.8 Å². The van der Waals surface area contributed by atoms with Gasteiger partial charge in [0.2, 0.25) is 12.1 Å². The number of para-hydroxylation sites is 1. The van der Waals surface area contributed by atoms with Gasteiger partial charge in [-0.15, -0.1) is 0 Å². The highest BCUT2D eigenvalue weighted by molar-refractivity contribution is 5.91. The molecule has 0 radical (unpaired) electrons. The van der Waals surface area contributed by atoms with Crippen LogP contribution in [-0.2, 0) is 4.79 Å². The van der Waals surface area contributed by atoms with E-state index in [1.165, 1.54) is 0 Å². The molecule has 1 atom stereocenters. The Bertz CT molecular complexity index is 1290. The number of rotatable bonds is 5. The maximum absolute atomic E-state index is 13.3. The van der Waals surface area contributed by atoms with Crippen LogP contribution in [0.3, 0.4) is 0 Å². The first-order chi connectivity index (χ1) is 17.4. The molecule has 0 saturated carbocycles. The smallest absolute Gasteiger partial charge is 0.267 e. The van der Waals surface area contributed by atoms with Crippen molar-refractivity contribution in [2.75, 3.05) is 57.6 Å². The van der Waals surface area contributed by atoms with Crippen LogP contribution in [0, 0.1) is 0 Å². The molecule has 2 aromatic carbocycles. The quantitative estimate of drug-likeness (QED) is 0.573. The van der Waals surface area contributed by atoms with Crippen LogP contribution in [0.1, 0.15) is 25.3 Å². The normalized spacial score (nSPS) is 17.4. The zero-order valence-electron chi connectivity index (χ0n) is 21.0. The molecule has 1 saturated heterocycles. The summed E-state index contributed by atoms with van der Waals surface area (Å²) in [6.07, 6.45) is -0.668. The summed E-state index contributed by atoms with van der Waals surface area (Å²) < 4.78 is 22.8. The van der Waals surface area contributed by atoms with Crippen LogP contribution in [0.2, 0.25) is 0 Å². The Hall–Kier alpha value is -3.95. The van der Waals surface area contributed by atoms with E-state index >= 15 is 0 Å². The number of hydrogen-bond acceptors (Lipinski definition) is 9. The van der Waals surface area contributed by atoms with Crippen LogP contribution in [0.25, 0.3) is 10.9 Å². The van der Waals surface area contributed by atoms with Gasteiger partial charge in [0, 0.05) is 43.2 Å². The van der Waals surface area contributed by atoms with Crippen molar-refractivity contribution in [2.45, 2.75) is 25.9 Å². The summed E-state index contributed by atoms with van der Waals surface area (Å²) in [5, 5.41) is 0.695. The number of piperazine rings is 1. The van der Waals surface area contributed by atoms with E-state index in [2.05, 4.69) is 18.8 Å². The molecule has 2 N–H and O–H groups in total. The minimum absolute atomic E-state index is 0.0744. The summed E-state index contributed by atoms with van der Waals surface area (Å²) in [7, 11) is 3.15. The van der Waals surface area contributed by atoms with Crippen LogP contribution < -0.4 is 29.6 Å². The second kappa shape index (κ2) is 9.60. The van der Waals surface area contributed by atoms with E-state index in [1.54, 1.807) is 26.4 Å². The molecule has 1 unspecified atom stereocenters. The van der Waals surface area contributed by atoms with E-state index in [9.17, 15) is 4.79 Å². The molecule has 0 bridgehead atoms. The van der Waals surface area contributed by atoms with Crippen LogP contribution in [0.5, 0.6) is 23.0 Å². The van der Waals surface area contributed by atoms with E-state index in [-0.39, 0.29) is 18.4 Å². The number of nitrogens with zero attached hydrogens (tertiary/aromatic N) is 4. The van der Waals surface area contributed by atoms with E-state index in [0.717, 1.165) is 5.56 Å². The first-order valence-electron chi connectivity index (χ1n) is 12.0. The van der Waals surface area contributed by atoms with E-state index in [1.807, 2.05) is 28.0 Å². The van der Waals surface area contributed by atoms with Gasteiger partial charge in [0.25, 0.3) is 5.91 Å². The average molecular weight is 494 g/mol. The number of amides is 1. The van der Waals surface area contributed by atoms with Gasteiger partial charge in [-0.05, 0) is 18.1 Å². The Balaban J connectivity index is 1.28. The molecule has 3 aromatic rings. The summed E-state index contributed by atoms with van der Waals surface area (Å²) in [5.74, 6) is 3.57. The number of carbonyl (C=O) groups excluding carboxylic acids is 1. The molecule has 2 aliphatic heterocycles. The van der Waals surface area contributed by atoms with Crippen molar-refractivity contribution < 1.29 is 23.7 Å². The number of fused-ring (bicyclic) bond motifs is 2. The van der Waals surface area contributed by atoms with E-state index in [0.29, 0.717) is 71.8 Å². The maximum Gasteiger partial charge on any atom is 0.267 e. The number of nitrogens with two attached hydrogens (primary N) is 1. The molecule has 10 nitrogen and oxygen atoms in total. The Labute approximate surface area is 209 Å². The third kappa shape index (κ3) is 4.27. The van der Waals surface area contributed by atoms with Crippen molar-refractivity contribution in [3.63, 3.8) is 0 Å². The van der Waals surface area contributed by atoms with Gasteiger partial charge in [-0.1, -0.05) is 26.0 Å². The third-order valence-electron chi connectivity index (χ3n) is 6.65. The molecule has 1 aromatic heterocycles. The molecule has 5 rings (SSSR count). The summed E-state index contributed by atoms with van der Waals surface area (Å²) in [5.41, 5.74) is 7.96. The fourth-order valence-corrected chi connectivity index (χ4v) is 4.63. The minimum Gasteiger partial charge on any atom is -0.493 e. The summed E-state index contributed by atoms with van der Waals surface area (Å²) >= 11 is 0. The Kier molecular flexibility index (Phi) is 6.34. The number of nitrogen functional groups attached to an aromatic ring is 1. The molecule has 3 heterocycles. The third-order valence-corrected chi connectivity index (χ3v) is 6.65. The number of ether oxygens (including phenoxy) is 4. The van der Waals surface area contributed by atoms with Crippen molar-refractivity contribution >= 4 is 28.6 Å². The lowest BCUT2D eigenvalue weighted by atomic mass is 10.0. The summed E-state index contributed by atoms with van der Waals surface area (Å²) in [4.78, 5) is 26.3. The van der Waals surface area contributed by atoms with Crippen molar-refractivity contribution in [1.29, 1.82) is 0 Å². The number of methoxy groups -OCH3 is 2. The largest absolute Gasteiger partial charge is 0.493 e. The maximum atomic E-state index is 13.3. The van der Waals surface area contributed by atoms with Gasteiger partial charge in [0.1, 0.15) is 12.4 Å². The number of carbonyl (C=O) groups is 1. The Morgan fingerprint density at radius 2 is 1.81 bits per heavy atom. The van der Waals surface area contributed by atoms with Crippen molar-refractivity contribution in [3.8, 4) is 23.0 Å². The Morgan fingerprint density at radius 3 is 2.50 bits per heavy atom. The number of aromatic nitrogens is 2. The van der Waals surface area contributed by atoms with Gasteiger partial charge < -0.3 is 34.5 Å². The number of anilines is 2. The molecule has 190 valence electrons.